The largest absolute Gasteiger partial charge is 0.451 e. The Kier molecular flexibility index (Phi) is 6.76. The molecule has 6 N–H and O–H groups in total. The highest BCUT2D eigenvalue weighted by atomic mass is 19.4. The summed E-state index contributed by atoms with van der Waals surface area (Å²) >= 11 is 0. The van der Waals surface area contributed by atoms with Gasteiger partial charge in [-0.3, -0.25) is 10.4 Å². The van der Waals surface area contributed by atoms with E-state index in [1.165, 1.54) is 30.6 Å². The highest BCUT2D eigenvalue weighted by molar-refractivity contribution is 6.02. The zero-order chi connectivity index (χ0) is 25.0. The molecule has 2 heterocycles. The Morgan fingerprint density at radius 3 is 2.44 bits per heavy atom. The van der Waals surface area contributed by atoms with Crippen LogP contribution < -0.4 is 11.5 Å². The maximum Gasteiger partial charge on any atom is 0.451 e. The van der Waals surface area contributed by atoms with Gasteiger partial charge in [-0.15, -0.1) is 0 Å². The zero-order valence-corrected chi connectivity index (χ0v) is 17.7. The molecule has 174 valence electrons. The first-order chi connectivity index (χ1) is 16.1. The maximum atomic E-state index is 13.9. The third-order valence-corrected chi connectivity index (χ3v) is 4.93. The van der Waals surface area contributed by atoms with Crippen molar-refractivity contribution in [2.45, 2.75) is 19.0 Å². The van der Waals surface area contributed by atoms with Gasteiger partial charge in [0.25, 0.3) is 0 Å². The van der Waals surface area contributed by atoms with Gasteiger partial charge in [0.15, 0.2) is 0 Å². The molecule has 1 atom stereocenters. The van der Waals surface area contributed by atoms with Crippen LogP contribution in [0, 0.1) is 22.6 Å². The number of nitrogens with one attached hydrogen (secondary N) is 2. The Balaban J connectivity index is 2.08. The molecule has 0 radical (unpaired) electrons. The smallest absolute Gasteiger partial charge is 0.404 e. The molecule has 0 aliphatic heterocycles. The SMILES string of the molecule is CC(C(C=Nc1ccccc1F)=CN)c1[nH]c(C(=N)N)c(-c2cnc(C(F)(F)F)nc2)c1C#N. The van der Waals surface area contributed by atoms with Crippen LogP contribution in [0.3, 0.4) is 0 Å². The first-order valence-corrected chi connectivity index (χ1v) is 9.68. The number of para-hydroxylation sites is 1. The average molecular weight is 470 g/mol. The summed E-state index contributed by atoms with van der Waals surface area (Å²) in [6, 6.07) is 7.84. The Hall–Kier alpha value is -4.53. The normalized spacial score (nSPS) is 13.1. The number of amidine groups is 1. The number of nitrogens with two attached hydrogens (primary N) is 2. The molecule has 1 unspecified atom stereocenters. The number of halogens is 4. The molecule has 0 amide bonds. The summed E-state index contributed by atoms with van der Waals surface area (Å²) in [6.07, 6.45) is -0.374. The minimum atomic E-state index is -4.74. The number of hydrogen-bond donors (Lipinski definition) is 4. The number of nitrogens with zero attached hydrogens (tertiary/aromatic N) is 4. The van der Waals surface area contributed by atoms with Crippen molar-refractivity contribution < 1.29 is 17.6 Å². The predicted molar refractivity (Wildman–Crippen MR) is 118 cm³/mol. The van der Waals surface area contributed by atoms with Gasteiger partial charge in [0.2, 0.25) is 5.82 Å². The number of allylic oxidation sites excluding steroid dienone is 1. The van der Waals surface area contributed by atoms with E-state index < -0.39 is 29.6 Å². The lowest BCUT2D eigenvalue weighted by molar-refractivity contribution is -0.144. The first kappa shape index (κ1) is 24.1. The number of rotatable bonds is 6. The first-order valence-electron chi connectivity index (χ1n) is 9.68. The highest BCUT2D eigenvalue weighted by Gasteiger charge is 2.34. The van der Waals surface area contributed by atoms with Crippen LogP contribution in [0.5, 0.6) is 0 Å². The Morgan fingerprint density at radius 1 is 1.26 bits per heavy atom. The molecule has 0 spiro atoms. The average Bonchev–Trinajstić information content (AvgIpc) is 3.20. The van der Waals surface area contributed by atoms with E-state index in [1.54, 1.807) is 13.0 Å². The van der Waals surface area contributed by atoms with Crippen LogP contribution in [0.1, 0.15) is 35.6 Å². The van der Waals surface area contributed by atoms with Crippen LogP contribution in [-0.2, 0) is 6.18 Å². The molecular weight excluding hydrogens is 452 g/mol. The summed E-state index contributed by atoms with van der Waals surface area (Å²) in [5.74, 6) is -2.95. The fourth-order valence-electron chi connectivity index (χ4n) is 3.22. The molecule has 3 aromatic rings. The summed E-state index contributed by atoms with van der Waals surface area (Å²) in [5.41, 5.74) is 12.3. The topological polar surface area (TPSA) is 154 Å². The number of aromatic amines is 1. The third-order valence-electron chi connectivity index (χ3n) is 4.93. The van der Waals surface area contributed by atoms with Gasteiger partial charge in [-0.2, -0.15) is 18.4 Å². The standard InChI is InChI=1S/C22H18F4N8/c1-11(12(6-27)8-31-16-5-3-2-4-15(16)23)18-14(7-28)17(19(34-18)20(29)30)13-9-32-21(33-10-13)22(24,25)26/h2-6,8-11,34H,27H2,1H3,(H3,29,30). The summed E-state index contributed by atoms with van der Waals surface area (Å²) in [5, 5.41) is 17.7. The van der Waals surface area contributed by atoms with E-state index in [0.29, 0.717) is 5.57 Å². The number of H-pyrrole nitrogens is 1. The number of alkyl halides is 3. The van der Waals surface area contributed by atoms with Crippen molar-refractivity contribution in [3.8, 4) is 17.2 Å². The van der Waals surface area contributed by atoms with E-state index in [2.05, 4.69) is 19.9 Å². The van der Waals surface area contributed by atoms with Crippen LogP contribution in [-0.4, -0.2) is 27.0 Å². The lowest BCUT2D eigenvalue weighted by Crippen LogP contribution is -2.14. The molecule has 0 fully saturated rings. The molecule has 0 aliphatic carbocycles. The minimum Gasteiger partial charge on any atom is -0.404 e. The van der Waals surface area contributed by atoms with Crippen molar-refractivity contribution in [2.24, 2.45) is 16.5 Å². The number of nitrogen functional groups attached to an aromatic ring is 1. The van der Waals surface area contributed by atoms with Gasteiger partial charge in [-0.1, -0.05) is 19.1 Å². The summed E-state index contributed by atoms with van der Waals surface area (Å²) < 4.78 is 52.4. The Labute approximate surface area is 191 Å². The van der Waals surface area contributed by atoms with Gasteiger partial charge in [0.1, 0.15) is 17.7 Å². The van der Waals surface area contributed by atoms with Crippen LogP contribution in [0.4, 0.5) is 23.2 Å². The zero-order valence-electron chi connectivity index (χ0n) is 17.7. The van der Waals surface area contributed by atoms with Gasteiger partial charge >= 0.3 is 6.18 Å². The monoisotopic (exact) mass is 470 g/mol. The van der Waals surface area contributed by atoms with Crippen molar-refractivity contribution in [1.29, 1.82) is 10.7 Å². The van der Waals surface area contributed by atoms with Crippen molar-refractivity contribution in [2.75, 3.05) is 0 Å². The van der Waals surface area contributed by atoms with Crippen LogP contribution >= 0.6 is 0 Å². The number of hydrogen-bond acceptors (Lipinski definition) is 6. The summed E-state index contributed by atoms with van der Waals surface area (Å²) in [6.45, 7) is 1.68. The molecule has 0 bridgehead atoms. The number of benzene rings is 1. The molecule has 34 heavy (non-hydrogen) atoms. The number of aliphatic imine (C=N–C) groups is 1. The fraction of sp³-hybridized carbons (Fsp3) is 0.136. The number of aromatic nitrogens is 3. The van der Waals surface area contributed by atoms with E-state index in [9.17, 15) is 22.8 Å². The maximum absolute atomic E-state index is 13.9. The molecule has 0 aliphatic rings. The summed E-state index contributed by atoms with van der Waals surface area (Å²) in [7, 11) is 0. The van der Waals surface area contributed by atoms with E-state index in [4.69, 9.17) is 16.9 Å². The highest BCUT2D eigenvalue weighted by Crippen LogP contribution is 2.36. The second-order valence-corrected chi connectivity index (χ2v) is 7.08. The Bertz CT molecular complexity index is 1310. The third kappa shape index (κ3) is 4.78. The lowest BCUT2D eigenvalue weighted by atomic mass is 9.93. The van der Waals surface area contributed by atoms with Crippen molar-refractivity contribution >= 4 is 17.7 Å². The van der Waals surface area contributed by atoms with Crippen LogP contribution in [0.25, 0.3) is 11.1 Å². The van der Waals surface area contributed by atoms with Crippen LogP contribution in [0.2, 0.25) is 0 Å². The molecule has 8 nitrogen and oxygen atoms in total. The molecular formula is C22H18F4N8. The van der Waals surface area contributed by atoms with Crippen LogP contribution in [0.15, 0.2) is 53.4 Å². The lowest BCUT2D eigenvalue weighted by Gasteiger charge is -2.11. The van der Waals surface area contributed by atoms with E-state index in [-0.39, 0.29) is 33.8 Å². The van der Waals surface area contributed by atoms with E-state index in [0.717, 1.165) is 12.4 Å². The molecule has 0 saturated heterocycles. The minimum absolute atomic E-state index is 0.00386. The van der Waals surface area contributed by atoms with E-state index >= 15 is 0 Å². The fourth-order valence-corrected chi connectivity index (χ4v) is 3.22. The second kappa shape index (κ2) is 9.53. The molecule has 12 heteroatoms. The van der Waals surface area contributed by atoms with Gasteiger partial charge in [0.05, 0.1) is 16.9 Å². The number of nitriles is 1. The van der Waals surface area contributed by atoms with Gasteiger partial charge in [-0.05, 0) is 23.9 Å². The predicted octanol–water partition coefficient (Wildman–Crippen LogP) is 4.13. The Morgan fingerprint density at radius 2 is 1.91 bits per heavy atom. The van der Waals surface area contributed by atoms with Gasteiger partial charge in [-0.25, -0.2) is 14.4 Å². The van der Waals surface area contributed by atoms with E-state index in [1.807, 2.05) is 6.07 Å². The second-order valence-electron chi connectivity index (χ2n) is 7.08. The van der Waals surface area contributed by atoms with Gasteiger partial charge in [0, 0.05) is 41.3 Å². The molecule has 0 saturated carbocycles. The van der Waals surface area contributed by atoms with Crippen molar-refractivity contribution in [3.05, 3.63) is 77.0 Å². The van der Waals surface area contributed by atoms with Gasteiger partial charge < -0.3 is 16.5 Å². The quantitative estimate of drug-likeness (QED) is 0.242. The molecule has 1 aromatic carbocycles. The molecule has 3 rings (SSSR count). The molecule has 2 aromatic heterocycles. The van der Waals surface area contributed by atoms with Crippen molar-refractivity contribution in [1.82, 2.24) is 15.0 Å². The van der Waals surface area contributed by atoms with Crippen molar-refractivity contribution in [3.63, 3.8) is 0 Å². The summed E-state index contributed by atoms with van der Waals surface area (Å²) in [4.78, 5) is 13.6.